The Labute approximate surface area is 164 Å². The standard InChI is InChI=1S/C19H18BrFN2O4/c1-26-19(25)15-11-13(23-6-8-27-9-7-23)3-5-17(15)22-18(24)14-4-2-12(21)10-16(14)20/h2-5,10-11H,6-9H2,1H3,(H,22,24). The van der Waals surface area contributed by atoms with Crippen molar-refractivity contribution in [1.82, 2.24) is 0 Å². The lowest BCUT2D eigenvalue weighted by Gasteiger charge is -2.29. The Kier molecular flexibility index (Phi) is 6.08. The van der Waals surface area contributed by atoms with E-state index < -0.39 is 17.7 Å². The molecule has 8 heteroatoms. The minimum absolute atomic E-state index is 0.244. The minimum Gasteiger partial charge on any atom is -0.465 e. The minimum atomic E-state index is -0.557. The first-order chi connectivity index (χ1) is 13.0. The summed E-state index contributed by atoms with van der Waals surface area (Å²) in [6.07, 6.45) is 0. The third kappa shape index (κ3) is 4.45. The van der Waals surface area contributed by atoms with Gasteiger partial charge in [0.2, 0.25) is 0 Å². The van der Waals surface area contributed by atoms with E-state index in [1.165, 1.54) is 25.3 Å². The van der Waals surface area contributed by atoms with Crippen LogP contribution < -0.4 is 10.2 Å². The molecule has 0 saturated carbocycles. The monoisotopic (exact) mass is 436 g/mol. The molecule has 1 aliphatic heterocycles. The third-order valence-electron chi connectivity index (χ3n) is 4.21. The number of hydrogen-bond donors (Lipinski definition) is 1. The molecule has 1 heterocycles. The molecule has 142 valence electrons. The summed E-state index contributed by atoms with van der Waals surface area (Å²) in [6.45, 7) is 2.67. The van der Waals surface area contributed by atoms with Crippen molar-refractivity contribution in [1.29, 1.82) is 0 Å². The van der Waals surface area contributed by atoms with Gasteiger partial charge in [-0.15, -0.1) is 0 Å². The molecule has 0 aliphatic carbocycles. The lowest BCUT2D eigenvalue weighted by molar-refractivity contribution is 0.0602. The van der Waals surface area contributed by atoms with Crippen molar-refractivity contribution in [3.63, 3.8) is 0 Å². The highest BCUT2D eigenvalue weighted by atomic mass is 79.9. The molecule has 1 N–H and O–H groups in total. The van der Waals surface area contributed by atoms with Crippen LogP contribution in [0, 0.1) is 5.82 Å². The normalized spacial score (nSPS) is 14.0. The van der Waals surface area contributed by atoms with Gasteiger partial charge in [-0.1, -0.05) is 0 Å². The van der Waals surface area contributed by atoms with E-state index in [0.717, 1.165) is 18.8 Å². The molecule has 0 spiro atoms. The fraction of sp³-hybridized carbons (Fsp3) is 0.263. The summed E-state index contributed by atoms with van der Waals surface area (Å²) in [6, 6.07) is 8.95. The second-order valence-corrected chi connectivity index (χ2v) is 6.75. The highest BCUT2D eigenvalue weighted by Gasteiger charge is 2.20. The summed E-state index contributed by atoms with van der Waals surface area (Å²) in [5.74, 6) is -1.48. The maximum absolute atomic E-state index is 13.2. The van der Waals surface area contributed by atoms with Gasteiger partial charge in [-0.3, -0.25) is 4.79 Å². The van der Waals surface area contributed by atoms with E-state index in [9.17, 15) is 14.0 Å². The SMILES string of the molecule is COC(=O)c1cc(N2CCOCC2)ccc1NC(=O)c1ccc(F)cc1Br. The van der Waals surface area contributed by atoms with Gasteiger partial charge < -0.3 is 19.7 Å². The molecule has 2 aromatic carbocycles. The van der Waals surface area contributed by atoms with Crippen molar-refractivity contribution in [2.75, 3.05) is 43.6 Å². The number of carbonyl (C=O) groups excluding carboxylic acids is 2. The lowest BCUT2D eigenvalue weighted by Crippen LogP contribution is -2.36. The summed E-state index contributed by atoms with van der Waals surface area (Å²) in [4.78, 5) is 26.9. The van der Waals surface area contributed by atoms with E-state index in [0.29, 0.717) is 23.4 Å². The van der Waals surface area contributed by atoms with E-state index in [1.54, 1.807) is 12.1 Å². The van der Waals surface area contributed by atoms with Gasteiger partial charge in [-0.25, -0.2) is 9.18 Å². The summed E-state index contributed by atoms with van der Waals surface area (Å²) in [5.41, 5.74) is 1.66. The van der Waals surface area contributed by atoms with E-state index in [4.69, 9.17) is 9.47 Å². The van der Waals surface area contributed by atoms with Crippen LogP contribution in [0.4, 0.5) is 15.8 Å². The number of benzene rings is 2. The Morgan fingerprint density at radius 1 is 1.15 bits per heavy atom. The number of anilines is 2. The number of ether oxygens (including phenoxy) is 2. The van der Waals surface area contributed by atoms with Crippen LogP contribution in [0.15, 0.2) is 40.9 Å². The van der Waals surface area contributed by atoms with E-state index in [-0.39, 0.29) is 11.1 Å². The number of nitrogens with one attached hydrogen (secondary N) is 1. The van der Waals surface area contributed by atoms with Gasteiger partial charge in [0.25, 0.3) is 5.91 Å². The number of carbonyl (C=O) groups is 2. The lowest BCUT2D eigenvalue weighted by atomic mass is 10.1. The first-order valence-corrected chi connectivity index (χ1v) is 9.10. The molecule has 0 bridgehead atoms. The maximum atomic E-state index is 13.2. The molecule has 3 rings (SSSR count). The van der Waals surface area contributed by atoms with E-state index in [2.05, 4.69) is 26.1 Å². The van der Waals surface area contributed by atoms with Gasteiger partial charge in [0, 0.05) is 23.2 Å². The highest BCUT2D eigenvalue weighted by molar-refractivity contribution is 9.10. The number of esters is 1. The largest absolute Gasteiger partial charge is 0.465 e. The second-order valence-electron chi connectivity index (χ2n) is 5.90. The molecule has 0 atom stereocenters. The number of halogens is 2. The predicted molar refractivity (Wildman–Crippen MR) is 103 cm³/mol. The van der Waals surface area contributed by atoms with Crippen molar-refractivity contribution in [2.24, 2.45) is 0 Å². The van der Waals surface area contributed by atoms with Crippen molar-refractivity contribution >= 4 is 39.2 Å². The highest BCUT2D eigenvalue weighted by Crippen LogP contribution is 2.26. The Morgan fingerprint density at radius 3 is 2.56 bits per heavy atom. The van der Waals surface area contributed by atoms with Gasteiger partial charge in [-0.2, -0.15) is 0 Å². The molecule has 6 nitrogen and oxygen atoms in total. The Hall–Kier alpha value is -2.45. The molecule has 0 unspecified atom stereocenters. The summed E-state index contributed by atoms with van der Waals surface area (Å²) >= 11 is 3.17. The van der Waals surface area contributed by atoms with E-state index in [1.807, 2.05) is 6.07 Å². The first kappa shape index (κ1) is 19.3. The molecule has 1 aliphatic rings. The van der Waals surface area contributed by atoms with Crippen LogP contribution in [0.5, 0.6) is 0 Å². The molecule has 1 saturated heterocycles. The topological polar surface area (TPSA) is 67.9 Å². The fourth-order valence-corrected chi connectivity index (χ4v) is 3.33. The summed E-state index contributed by atoms with van der Waals surface area (Å²) in [7, 11) is 1.28. The van der Waals surface area contributed by atoms with Crippen LogP contribution in [-0.4, -0.2) is 45.3 Å². The Bertz CT molecular complexity index is 869. The second kappa shape index (κ2) is 8.49. The number of hydrogen-bond acceptors (Lipinski definition) is 5. The van der Waals surface area contributed by atoms with E-state index >= 15 is 0 Å². The van der Waals surface area contributed by atoms with Gasteiger partial charge >= 0.3 is 5.97 Å². The average molecular weight is 437 g/mol. The van der Waals surface area contributed by atoms with Crippen LogP contribution in [-0.2, 0) is 9.47 Å². The van der Waals surface area contributed by atoms with Crippen molar-refractivity contribution in [3.05, 3.63) is 57.8 Å². The van der Waals surface area contributed by atoms with Gasteiger partial charge in [0.05, 0.1) is 37.1 Å². The maximum Gasteiger partial charge on any atom is 0.340 e. The summed E-state index contributed by atoms with van der Waals surface area (Å²) in [5, 5.41) is 2.70. The molecule has 2 aromatic rings. The zero-order valence-corrected chi connectivity index (χ0v) is 16.2. The molecule has 0 radical (unpaired) electrons. The Morgan fingerprint density at radius 2 is 1.89 bits per heavy atom. The van der Waals surface area contributed by atoms with Crippen LogP contribution in [0.1, 0.15) is 20.7 Å². The van der Waals surface area contributed by atoms with Gasteiger partial charge in [-0.05, 0) is 52.3 Å². The molecule has 0 aromatic heterocycles. The number of amides is 1. The number of morpholine rings is 1. The molecule has 1 fully saturated rings. The summed E-state index contributed by atoms with van der Waals surface area (Å²) < 4.78 is 23.8. The van der Waals surface area contributed by atoms with Crippen molar-refractivity contribution in [2.45, 2.75) is 0 Å². The molecule has 27 heavy (non-hydrogen) atoms. The molecular formula is C19H18BrFN2O4. The third-order valence-corrected chi connectivity index (χ3v) is 4.86. The zero-order chi connectivity index (χ0) is 19.4. The van der Waals surface area contributed by atoms with Crippen LogP contribution in [0.2, 0.25) is 0 Å². The zero-order valence-electron chi connectivity index (χ0n) is 14.6. The predicted octanol–water partition coefficient (Wildman–Crippen LogP) is 3.46. The number of nitrogens with zero attached hydrogens (tertiary/aromatic N) is 1. The Balaban J connectivity index is 1.89. The van der Waals surface area contributed by atoms with Gasteiger partial charge in [0.15, 0.2) is 0 Å². The van der Waals surface area contributed by atoms with Crippen molar-refractivity contribution < 1.29 is 23.5 Å². The number of rotatable bonds is 4. The van der Waals surface area contributed by atoms with Crippen molar-refractivity contribution in [3.8, 4) is 0 Å². The fourth-order valence-electron chi connectivity index (χ4n) is 2.80. The molecular weight excluding hydrogens is 419 g/mol. The van der Waals surface area contributed by atoms with Gasteiger partial charge in [0.1, 0.15) is 5.82 Å². The van der Waals surface area contributed by atoms with Crippen LogP contribution in [0.3, 0.4) is 0 Å². The smallest absolute Gasteiger partial charge is 0.340 e. The number of methoxy groups -OCH3 is 1. The van der Waals surface area contributed by atoms with Crippen LogP contribution >= 0.6 is 15.9 Å². The molecule has 1 amide bonds. The van der Waals surface area contributed by atoms with Crippen LogP contribution in [0.25, 0.3) is 0 Å². The quantitative estimate of drug-likeness (QED) is 0.743. The first-order valence-electron chi connectivity index (χ1n) is 8.31. The average Bonchev–Trinajstić information content (AvgIpc) is 2.68.